The van der Waals surface area contributed by atoms with Crippen LogP contribution >= 0.6 is 22.6 Å². The van der Waals surface area contributed by atoms with Gasteiger partial charge in [0.25, 0.3) is 0 Å². The van der Waals surface area contributed by atoms with Crippen molar-refractivity contribution in [2.45, 2.75) is 6.92 Å². The minimum Gasteiger partial charge on any atom is -0.230 e. The SMILES string of the molecule is Cc1cccc2c(I)nn(-c3ccc(F)nc3)c12. The lowest BCUT2D eigenvalue weighted by Crippen LogP contribution is -1.99. The second-order valence-electron chi connectivity index (χ2n) is 4.01. The van der Waals surface area contributed by atoms with Crippen molar-refractivity contribution in [2.24, 2.45) is 0 Å². The van der Waals surface area contributed by atoms with Crippen LogP contribution in [0.3, 0.4) is 0 Å². The Morgan fingerprint density at radius 3 is 2.78 bits per heavy atom. The minimum absolute atomic E-state index is 0.485. The topological polar surface area (TPSA) is 30.7 Å². The molecule has 0 aliphatic rings. The fraction of sp³-hybridized carbons (Fsp3) is 0.0769. The molecule has 1 aromatic carbocycles. The van der Waals surface area contributed by atoms with Gasteiger partial charge in [-0.15, -0.1) is 0 Å². The van der Waals surface area contributed by atoms with Crippen LogP contribution in [0.2, 0.25) is 0 Å². The van der Waals surface area contributed by atoms with Gasteiger partial charge in [-0.2, -0.15) is 9.49 Å². The molecular formula is C13H9FIN3. The van der Waals surface area contributed by atoms with Crippen LogP contribution < -0.4 is 0 Å². The van der Waals surface area contributed by atoms with E-state index in [0.717, 1.165) is 25.9 Å². The molecule has 18 heavy (non-hydrogen) atoms. The molecule has 5 heteroatoms. The normalized spacial score (nSPS) is 11.1. The average molecular weight is 353 g/mol. The molecule has 90 valence electrons. The quantitative estimate of drug-likeness (QED) is 0.496. The van der Waals surface area contributed by atoms with Crippen LogP contribution in [0.1, 0.15) is 5.56 Å². The Morgan fingerprint density at radius 2 is 2.06 bits per heavy atom. The minimum atomic E-state index is -0.485. The van der Waals surface area contributed by atoms with Crippen molar-refractivity contribution in [1.82, 2.24) is 14.8 Å². The number of rotatable bonds is 1. The molecule has 0 saturated carbocycles. The first-order valence-electron chi connectivity index (χ1n) is 5.42. The van der Waals surface area contributed by atoms with Gasteiger partial charge < -0.3 is 0 Å². The van der Waals surface area contributed by atoms with Gasteiger partial charge in [-0.05, 0) is 47.2 Å². The van der Waals surface area contributed by atoms with Gasteiger partial charge >= 0.3 is 0 Å². The highest BCUT2D eigenvalue weighted by Gasteiger charge is 2.11. The van der Waals surface area contributed by atoms with E-state index in [9.17, 15) is 4.39 Å². The van der Waals surface area contributed by atoms with Crippen LogP contribution in [0.4, 0.5) is 4.39 Å². The fourth-order valence-corrected chi connectivity index (χ4v) is 2.63. The molecule has 0 radical (unpaired) electrons. The number of halogens is 2. The fourth-order valence-electron chi connectivity index (χ4n) is 1.98. The molecule has 0 amide bonds. The Morgan fingerprint density at radius 1 is 1.22 bits per heavy atom. The predicted molar refractivity (Wildman–Crippen MR) is 76.3 cm³/mol. The summed E-state index contributed by atoms with van der Waals surface area (Å²) in [7, 11) is 0. The van der Waals surface area contributed by atoms with Crippen molar-refractivity contribution in [3.8, 4) is 5.69 Å². The van der Waals surface area contributed by atoms with E-state index in [4.69, 9.17) is 0 Å². The lowest BCUT2D eigenvalue weighted by molar-refractivity contribution is 0.582. The summed E-state index contributed by atoms with van der Waals surface area (Å²) in [5.74, 6) is -0.485. The molecule has 0 aliphatic carbocycles. The van der Waals surface area contributed by atoms with E-state index < -0.39 is 5.95 Å². The zero-order valence-electron chi connectivity index (χ0n) is 9.56. The van der Waals surface area contributed by atoms with Crippen molar-refractivity contribution in [2.75, 3.05) is 0 Å². The van der Waals surface area contributed by atoms with E-state index in [-0.39, 0.29) is 0 Å². The van der Waals surface area contributed by atoms with Gasteiger partial charge in [0.2, 0.25) is 5.95 Å². The van der Waals surface area contributed by atoms with Gasteiger partial charge in [0.05, 0.1) is 17.4 Å². The average Bonchev–Trinajstić information content (AvgIpc) is 2.70. The third-order valence-electron chi connectivity index (χ3n) is 2.82. The van der Waals surface area contributed by atoms with Crippen molar-refractivity contribution >= 4 is 33.5 Å². The van der Waals surface area contributed by atoms with E-state index in [0.29, 0.717) is 0 Å². The van der Waals surface area contributed by atoms with Gasteiger partial charge in [-0.25, -0.2) is 9.67 Å². The number of nitrogens with zero attached hydrogens (tertiary/aromatic N) is 3. The van der Waals surface area contributed by atoms with Crippen LogP contribution in [0.5, 0.6) is 0 Å². The summed E-state index contributed by atoms with van der Waals surface area (Å²) in [5, 5.41) is 5.59. The van der Waals surface area contributed by atoms with E-state index in [1.54, 1.807) is 10.7 Å². The van der Waals surface area contributed by atoms with Gasteiger partial charge in [-0.3, -0.25) is 0 Å². The molecule has 0 N–H and O–H groups in total. The second kappa shape index (κ2) is 4.31. The smallest absolute Gasteiger partial charge is 0.212 e. The highest BCUT2D eigenvalue weighted by atomic mass is 127. The van der Waals surface area contributed by atoms with Crippen LogP contribution in [0.15, 0.2) is 36.5 Å². The van der Waals surface area contributed by atoms with Crippen LogP contribution in [-0.4, -0.2) is 14.8 Å². The van der Waals surface area contributed by atoms with E-state index in [2.05, 4.69) is 32.7 Å². The molecule has 0 aliphatic heterocycles. The lowest BCUT2D eigenvalue weighted by Gasteiger charge is -2.04. The van der Waals surface area contributed by atoms with Gasteiger partial charge in [0, 0.05) is 5.39 Å². The third-order valence-corrected chi connectivity index (χ3v) is 3.61. The maximum absolute atomic E-state index is 12.9. The highest BCUT2D eigenvalue weighted by molar-refractivity contribution is 14.1. The Labute approximate surface area is 117 Å². The Bertz CT molecular complexity index is 719. The number of hydrogen-bond donors (Lipinski definition) is 0. The zero-order chi connectivity index (χ0) is 12.7. The number of aromatic nitrogens is 3. The highest BCUT2D eigenvalue weighted by Crippen LogP contribution is 2.25. The Balaban J connectivity index is 2.32. The van der Waals surface area contributed by atoms with Crippen molar-refractivity contribution in [3.63, 3.8) is 0 Å². The molecule has 0 fully saturated rings. The van der Waals surface area contributed by atoms with Gasteiger partial charge in [0.1, 0.15) is 3.70 Å². The van der Waals surface area contributed by atoms with Crippen LogP contribution in [-0.2, 0) is 0 Å². The summed E-state index contributed by atoms with van der Waals surface area (Å²) in [6.45, 7) is 2.04. The number of benzene rings is 1. The van der Waals surface area contributed by atoms with Crippen molar-refractivity contribution < 1.29 is 4.39 Å². The standard InChI is InChI=1S/C13H9FIN3/c1-8-3-2-4-10-12(8)18(17-13(10)15)9-5-6-11(14)16-7-9/h2-7H,1H3. The predicted octanol–water partition coefficient (Wildman–Crippen LogP) is 3.47. The number of aryl methyl sites for hydroxylation is 1. The first-order valence-corrected chi connectivity index (χ1v) is 6.50. The van der Waals surface area contributed by atoms with E-state index >= 15 is 0 Å². The molecule has 3 rings (SSSR count). The summed E-state index contributed by atoms with van der Waals surface area (Å²) in [5.41, 5.74) is 2.93. The summed E-state index contributed by atoms with van der Waals surface area (Å²) >= 11 is 2.20. The second-order valence-corrected chi connectivity index (χ2v) is 5.03. The molecule has 0 atom stereocenters. The monoisotopic (exact) mass is 353 g/mol. The molecule has 0 spiro atoms. The first kappa shape index (κ1) is 11.6. The van der Waals surface area contributed by atoms with Gasteiger partial charge in [-0.1, -0.05) is 18.2 Å². The maximum atomic E-state index is 12.9. The molecule has 2 aromatic heterocycles. The summed E-state index contributed by atoms with van der Waals surface area (Å²) in [6, 6.07) is 9.10. The zero-order valence-corrected chi connectivity index (χ0v) is 11.7. The summed E-state index contributed by atoms with van der Waals surface area (Å²) in [6.07, 6.45) is 1.49. The van der Waals surface area contributed by atoms with Crippen LogP contribution in [0, 0.1) is 16.6 Å². The third kappa shape index (κ3) is 1.78. The Kier molecular flexibility index (Phi) is 2.77. The van der Waals surface area contributed by atoms with Crippen LogP contribution in [0.25, 0.3) is 16.6 Å². The lowest BCUT2D eigenvalue weighted by atomic mass is 10.2. The van der Waals surface area contributed by atoms with Crippen molar-refractivity contribution in [1.29, 1.82) is 0 Å². The number of pyridine rings is 1. The largest absolute Gasteiger partial charge is 0.230 e. The molecule has 0 unspecified atom stereocenters. The maximum Gasteiger partial charge on any atom is 0.212 e. The van der Waals surface area contributed by atoms with Crippen molar-refractivity contribution in [3.05, 3.63) is 51.7 Å². The molecule has 3 nitrogen and oxygen atoms in total. The molecule has 0 bridgehead atoms. The number of hydrogen-bond acceptors (Lipinski definition) is 2. The molecule has 0 saturated heterocycles. The number of para-hydroxylation sites is 1. The van der Waals surface area contributed by atoms with E-state index in [1.807, 2.05) is 25.1 Å². The Hall–Kier alpha value is -1.50. The molecule has 3 aromatic rings. The van der Waals surface area contributed by atoms with E-state index in [1.165, 1.54) is 12.3 Å². The molecular weight excluding hydrogens is 344 g/mol. The first-order chi connectivity index (χ1) is 8.66. The number of fused-ring (bicyclic) bond motifs is 1. The summed E-state index contributed by atoms with van der Waals surface area (Å²) < 4.78 is 15.6. The molecule has 2 heterocycles. The summed E-state index contributed by atoms with van der Waals surface area (Å²) in [4.78, 5) is 3.67. The van der Waals surface area contributed by atoms with Gasteiger partial charge in [0.15, 0.2) is 0 Å².